The molecular formula is C19H24N2O4S. The molecule has 0 bridgehead atoms. The molecule has 1 aromatic heterocycles. The summed E-state index contributed by atoms with van der Waals surface area (Å²) in [6, 6.07) is 7.79. The van der Waals surface area contributed by atoms with E-state index in [9.17, 15) is 0 Å². The minimum atomic E-state index is 0.601. The lowest BCUT2D eigenvalue weighted by Gasteiger charge is -2.28. The maximum atomic E-state index is 5.63. The molecule has 1 aliphatic rings. The second-order valence-electron chi connectivity index (χ2n) is 5.80. The van der Waals surface area contributed by atoms with Crippen molar-refractivity contribution in [2.75, 3.05) is 33.6 Å². The van der Waals surface area contributed by atoms with E-state index in [0.29, 0.717) is 30.3 Å². The van der Waals surface area contributed by atoms with E-state index in [1.807, 2.05) is 24.3 Å². The average molecular weight is 376 g/mol. The number of aliphatic imine (C=N–C) groups is 1. The molecule has 0 aliphatic carbocycles. The Bertz CT molecular complexity index is 746. The molecule has 1 aromatic carbocycles. The van der Waals surface area contributed by atoms with Crippen LogP contribution in [0.1, 0.15) is 17.7 Å². The van der Waals surface area contributed by atoms with Gasteiger partial charge in [0.2, 0.25) is 5.75 Å². The smallest absolute Gasteiger partial charge is 0.203 e. The fraction of sp³-hybridized carbons (Fsp3) is 0.421. The number of methoxy groups -OCH3 is 3. The van der Waals surface area contributed by atoms with Gasteiger partial charge < -0.3 is 23.5 Å². The van der Waals surface area contributed by atoms with E-state index < -0.39 is 0 Å². The summed E-state index contributed by atoms with van der Waals surface area (Å²) in [6.07, 6.45) is 2.81. The molecule has 140 valence electrons. The summed E-state index contributed by atoms with van der Waals surface area (Å²) in [5.41, 5.74) is 1.01. The number of hydrogen-bond donors (Lipinski definition) is 0. The van der Waals surface area contributed by atoms with Crippen molar-refractivity contribution < 1.29 is 18.6 Å². The van der Waals surface area contributed by atoms with E-state index in [0.717, 1.165) is 35.2 Å². The predicted octanol–water partition coefficient (Wildman–Crippen LogP) is 3.80. The van der Waals surface area contributed by atoms with Crippen molar-refractivity contribution in [1.82, 2.24) is 4.90 Å². The zero-order chi connectivity index (χ0) is 18.4. The van der Waals surface area contributed by atoms with Crippen molar-refractivity contribution >= 4 is 16.9 Å². The van der Waals surface area contributed by atoms with Gasteiger partial charge in [0.1, 0.15) is 5.76 Å². The molecule has 1 aliphatic heterocycles. The Labute approximate surface area is 158 Å². The molecule has 3 rings (SSSR count). The van der Waals surface area contributed by atoms with Crippen LogP contribution in [0.4, 0.5) is 0 Å². The molecule has 2 heterocycles. The van der Waals surface area contributed by atoms with Crippen LogP contribution < -0.4 is 14.2 Å². The molecule has 0 amide bonds. The van der Waals surface area contributed by atoms with E-state index in [4.69, 9.17) is 23.6 Å². The van der Waals surface area contributed by atoms with Gasteiger partial charge in [0.05, 0.1) is 34.1 Å². The minimum absolute atomic E-state index is 0.601. The summed E-state index contributed by atoms with van der Waals surface area (Å²) < 4.78 is 22.1. The number of thioether (sulfide) groups is 1. The summed E-state index contributed by atoms with van der Waals surface area (Å²) in [5, 5.41) is 1.03. The van der Waals surface area contributed by atoms with Gasteiger partial charge in [-0.2, -0.15) is 0 Å². The van der Waals surface area contributed by atoms with Crippen molar-refractivity contribution in [2.45, 2.75) is 19.5 Å². The molecule has 0 atom stereocenters. The van der Waals surface area contributed by atoms with Crippen LogP contribution in [0.25, 0.3) is 0 Å². The van der Waals surface area contributed by atoms with Crippen molar-refractivity contribution in [3.63, 3.8) is 0 Å². The van der Waals surface area contributed by atoms with Gasteiger partial charge in [-0.25, -0.2) is 0 Å². The first-order valence-corrected chi connectivity index (χ1v) is 9.47. The van der Waals surface area contributed by atoms with Gasteiger partial charge in [-0.3, -0.25) is 4.99 Å². The van der Waals surface area contributed by atoms with Crippen molar-refractivity contribution in [2.24, 2.45) is 4.99 Å². The maximum absolute atomic E-state index is 5.63. The fourth-order valence-corrected chi connectivity index (χ4v) is 3.87. The van der Waals surface area contributed by atoms with E-state index in [1.54, 1.807) is 39.4 Å². The van der Waals surface area contributed by atoms with Gasteiger partial charge in [0.25, 0.3) is 0 Å². The van der Waals surface area contributed by atoms with Crippen molar-refractivity contribution in [1.29, 1.82) is 0 Å². The van der Waals surface area contributed by atoms with Crippen LogP contribution in [0.2, 0.25) is 0 Å². The number of rotatable bonds is 7. The molecule has 0 unspecified atom stereocenters. The molecule has 7 heteroatoms. The van der Waals surface area contributed by atoms with E-state index >= 15 is 0 Å². The summed E-state index contributed by atoms with van der Waals surface area (Å²) in [7, 11) is 4.88. The fourth-order valence-electron chi connectivity index (χ4n) is 2.91. The lowest BCUT2D eigenvalue weighted by atomic mass is 10.1. The Balaban J connectivity index is 1.92. The van der Waals surface area contributed by atoms with Crippen LogP contribution >= 0.6 is 11.8 Å². The van der Waals surface area contributed by atoms with Crippen LogP contribution in [0.3, 0.4) is 0 Å². The lowest BCUT2D eigenvalue weighted by molar-refractivity contribution is 0.313. The highest BCUT2D eigenvalue weighted by atomic mass is 32.2. The van der Waals surface area contributed by atoms with Gasteiger partial charge in [-0.15, -0.1) is 0 Å². The molecule has 0 radical (unpaired) electrons. The van der Waals surface area contributed by atoms with Gasteiger partial charge in [0.15, 0.2) is 16.7 Å². The molecule has 26 heavy (non-hydrogen) atoms. The average Bonchev–Trinajstić information content (AvgIpc) is 3.20. The zero-order valence-electron chi connectivity index (χ0n) is 15.4. The Morgan fingerprint density at radius 2 is 1.92 bits per heavy atom. The third kappa shape index (κ3) is 4.09. The van der Waals surface area contributed by atoms with Crippen LogP contribution in [0.15, 0.2) is 39.9 Å². The molecule has 0 spiro atoms. The van der Waals surface area contributed by atoms with Gasteiger partial charge in [-0.05, 0) is 30.7 Å². The second-order valence-corrected chi connectivity index (χ2v) is 6.86. The Morgan fingerprint density at radius 1 is 1.08 bits per heavy atom. The van der Waals surface area contributed by atoms with E-state index in [2.05, 4.69) is 4.90 Å². The molecule has 0 fully saturated rings. The maximum Gasteiger partial charge on any atom is 0.203 e. The topological polar surface area (TPSA) is 56.4 Å². The van der Waals surface area contributed by atoms with Crippen LogP contribution in [0, 0.1) is 0 Å². The molecule has 0 saturated heterocycles. The Hall–Kier alpha value is -2.28. The van der Waals surface area contributed by atoms with E-state index in [-0.39, 0.29) is 0 Å². The number of benzene rings is 1. The zero-order valence-corrected chi connectivity index (χ0v) is 16.2. The highest BCUT2D eigenvalue weighted by Crippen LogP contribution is 2.40. The van der Waals surface area contributed by atoms with Crippen LogP contribution in [-0.2, 0) is 13.1 Å². The normalized spacial score (nSPS) is 13.9. The third-order valence-corrected chi connectivity index (χ3v) is 5.26. The van der Waals surface area contributed by atoms with Crippen LogP contribution in [0.5, 0.6) is 17.2 Å². The van der Waals surface area contributed by atoms with Crippen molar-refractivity contribution in [3.05, 3.63) is 41.9 Å². The van der Waals surface area contributed by atoms with E-state index in [1.165, 1.54) is 0 Å². The predicted molar refractivity (Wildman–Crippen MR) is 103 cm³/mol. The van der Waals surface area contributed by atoms with Crippen LogP contribution in [-0.4, -0.2) is 43.7 Å². The number of nitrogens with zero attached hydrogens (tertiary/aromatic N) is 2. The third-order valence-electron chi connectivity index (χ3n) is 4.12. The van der Waals surface area contributed by atoms with Gasteiger partial charge in [-0.1, -0.05) is 11.8 Å². The molecule has 6 nitrogen and oxygen atoms in total. The number of hydrogen-bond acceptors (Lipinski definition) is 7. The molecular weight excluding hydrogens is 352 g/mol. The second kappa shape index (κ2) is 8.89. The summed E-state index contributed by atoms with van der Waals surface area (Å²) >= 11 is 1.78. The SMILES string of the molecule is COc1ccc(CN(Cc2ccco2)C2=NCCCS2)c(OC)c1OC. The monoisotopic (exact) mass is 376 g/mol. The molecule has 0 saturated carbocycles. The largest absolute Gasteiger partial charge is 0.493 e. The highest BCUT2D eigenvalue weighted by molar-refractivity contribution is 8.13. The highest BCUT2D eigenvalue weighted by Gasteiger charge is 2.21. The minimum Gasteiger partial charge on any atom is -0.493 e. The molecule has 0 N–H and O–H groups in total. The first-order valence-electron chi connectivity index (χ1n) is 8.49. The number of ether oxygens (including phenoxy) is 3. The number of furan rings is 1. The Kier molecular flexibility index (Phi) is 6.33. The first kappa shape index (κ1) is 18.5. The lowest BCUT2D eigenvalue weighted by Crippen LogP contribution is -2.30. The van der Waals surface area contributed by atoms with Crippen molar-refractivity contribution in [3.8, 4) is 17.2 Å². The summed E-state index contributed by atoms with van der Waals surface area (Å²) in [6.45, 7) is 2.15. The first-order chi connectivity index (χ1) is 12.8. The molecule has 2 aromatic rings. The quantitative estimate of drug-likeness (QED) is 0.733. The summed E-state index contributed by atoms with van der Waals surface area (Å²) in [5.74, 6) is 3.91. The Morgan fingerprint density at radius 3 is 2.54 bits per heavy atom. The summed E-state index contributed by atoms with van der Waals surface area (Å²) in [4.78, 5) is 6.92. The van der Waals surface area contributed by atoms with Gasteiger partial charge in [0, 0.05) is 24.4 Å². The standard InChI is InChI=1S/C19H24N2O4S/c1-22-16-8-7-14(17(23-2)18(16)24-3)12-21(13-15-6-4-10-25-15)19-20-9-5-11-26-19/h4,6-8,10H,5,9,11-13H2,1-3H3. The number of amidine groups is 1. The van der Waals surface area contributed by atoms with Gasteiger partial charge >= 0.3 is 0 Å².